The van der Waals surface area contributed by atoms with Gasteiger partial charge in [0.05, 0.1) is 12.1 Å². The van der Waals surface area contributed by atoms with Crippen LogP contribution in [0, 0.1) is 18.8 Å². The van der Waals surface area contributed by atoms with Gasteiger partial charge in [-0.2, -0.15) is 5.10 Å². The Morgan fingerprint density at radius 3 is 2.81 bits per heavy atom. The van der Waals surface area contributed by atoms with Gasteiger partial charge in [-0.15, -0.1) is 0 Å². The highest BCUT2D eigenvalue weighted by atomic mass is 16.3. The van der Waals surface area contributed by atoms with Crippen molar-refractivity contribution in [1.29, 1.82) is 0 Å². The highest BCUT2D eigenvalue weighted by Gasteiger charge is 2.36. The number of aliphatic hydroxyl groups excluding tert-OH is 2. The highest BCUT2D eigenvalue weighted by Crippen LogP contribution is 2.27. The van der Waals surface area contributed by atoms with Crippen LogP contribution in [0.4, 0.5) is 0 Å². The SMILES string of the molecule is CCN(CCO)C[C@@H]1CN(C(=O)c2n[nH]c3ccc(C)cc23)C[C@@H]1CO. The molecule has 7 heteroatoms. The summed E-state index contributed by atoms with van der Waals surface area (Å²) in [5.74, 6) is 0.161. The summed E-state index contributed by atoms with van der Waals surface area (Å²) in [4.78, 5) is 17.0. The van der Waals surface area contributed by atoms with Gasteiger partial charge in [0.15, 0.2) is 5.69 Å². The number of nitrogens with zero attached hydrogens (tertiary/aromatic N) is 3. The van der Waals surface area contributed by atoms with Crippen LogP contribution in [0.25, 0.3) is 10.9 Å². The number of amides is 1. The largest absolute Gasteiger partial charge is 0.396 e. The fourth-order valence-corrected chi connectivity index (χ4v) is 3.81. The molecule has 7 nitrogen and oxygen atoms in total. The van der Waals surface area contributed by atoms with E-state index in [0.717, 1.165) is 29.6 Å². The van der Waals surface area contributed by atoms with Crippen LogP contribution in [0.1, 0.15) is 23.0 Å². The minimum absolute atomic E-state index is 0.0543. The fourth-order valence-electron chi connectivity index (χ4n) is 3.81. The molecular weight excluding hydrogens is 332 g/mol. The first kappa shape index (κ1) is 18.8. The van der Waals surface area contributed by atoms with Crippen LogP contribution in [0.3, 0.4) is 0 Å². The number of aliphatic hydroxyl groups is 2. The van der Waals surface area contributed by atoms with Crippen molar-refractivity contribution in [3.05, 3.63) is 29.5 Å². The number of fused-ring (bicyclic) bond motifs is 1. The molecule has 1 aliphatic heterocycles. The third kappa shape index (κ3) is 3.75. The summed E-state index contributed by atoms with van der Waals surface area (Å²) in [5.41, 5.74) is 2.39. The van der Waals surface area contributed by atoms with Gasteiger partial charge in [0.2, 0.25) is 0 Å². The first-order valence-electron chi connectivity index (χ1n) is 9.25. The van der Waals surface area contributed by atoms with Crippen molar-refractivity contribution in [3.8, 4) is 0 Å². The Morgan fingerprint density at radius 2 is 2.12 bits per heavy atom. The molecule has 0 radical (unpaired) electrons. The zero-order chi connectivity index (χ0) is 18.7. The Balaban J connectivity index is 1.76. The third-order valence-corrected chi connectivity index (χ3v) is 5.38. The van der Waals surface area contributed by atoms with Gasteiger partial charge in [0.1, 0.15) is 0 Å². The molecule has 1 saturated heterocycles. The fraction of sp³-hybridized carbons (Fsp3) is 0.579. The number of likely N-dealkylation sites (tertiary alicyclic amines) is 1. The minimum Gasteiger partial charge on any atom is -0.396 e. The van der Waals surface area contributed by atoms with Gasteiger partial charge in [-0.3, -0.25) is 9.89 Å². The van der Waals surface area contributed by atoms with E-state index in [4.69, 9.17) is 0 Å². The Labute approximate surface area is 153 Å². The van der Waals surface area contributed by atoms with Crippen LogP contribution in [-0.2, 0) is 0 Å². The van der Waals surface area contributed by atoms with Gasteiger partial charge < -0.3 is 20.0 Å². The Kier molecular flexibility index (Phi) is 5.90. The molecular formula is C19H28N4O3. The number of carbonyl (C=O) groups excluding carboxylic acids is 1. The van der Waals surface area contributed by atoms with E-state index in [1.54, 1.807) is 4.90 Å². The molecule has 26 heavy (non-hydrogen) atoms. The van der Waals surface area contributed by atoms with Crippen LogP contribution < -0.4 is 0 Å². The molecule has 1 aromatic carbocycles. The molecule has 2 heterocycles. The van der Waals surface area contributed by atoms with E-state index < -0.39 is 0 Å². The lowest BCUT2D eigenvalue weighted by atomic mass is 9.96. The summed E-state index contributed by atoms with van der Waals surface area (Å²) < 4.78 is 0. The van der Waals surface area contributed by atoms with Gasteiger partial charge in [0.25, 0.3) is 5.91 Å². The number of H-pyrrole nitrogens is 1. The monoisotopic (exact) mass is 360 g/mol. The Bertz CT molecular complexity index is 760. The molecule has 0 bridgehead atoms. The highest BCUT2D eigenvalue weighted by molar-refractivity contribution is 6.04. The van der Waals surface area contributed by atoms with Crippen molar-refractivity contribution >= 4 is 16.8 Å². The molecule has 0 aliphatic carbocycles. The number of aromatic amines is 1. The molecule has 2 atom stereocenters. The summed E-state index contributed by atoms with van der Waals surface area (Å²) in [6.07, 6.45) is 0. The lowest BCUT2D eigenvalue weighted by Gasteiger charge is -2.25. The van der Waals surface area contributed by atoms with Crippen LogP contribution in [-0.4, -0.2) is 82.1 Å². The molecule has 0 spiro atoms. The number of aromatic nitrogens is 2. The second-order valence-electron chi connectivity index (χ2n) is 7.15. The van der Waals surface area contributed by atoms with Crippen molar-refractivity contribution in [3.63, 3.8) is 0 Å². The molecule has 3 rings (SSSR count). The maximum absolute atomic E-state index is 13.0. The van der Waals surface area contributed by atoms with E-state index in [2.05, 4.69) is 22.0 Å². The molecule has 1 aromatic heterocycles. The normalized spacial score (nSPS) is 20.4. The molecule has 142 valence electrons. The van der Waals surface area contributed by atoms with Crippen molar-refractivity contribution in [2.45, 2.75) is 13.8 Å². The number of benzene rings is 1. The minimum atomic E-state index is -0.0898. The number of aryl methyl sites for hydroxylation is 1. The van der Waals surface area contributed by atoms with E-state index in [-0.39, 0.29) is 31.0 Å². The quantitative estimate of drug-likeness (QED) is 0.681. The maximum Gasteiger partial charge on any atom is 0.275 e. The van der Waals surface area contributed by atoms with Gasteiger partial charge in [-0.05, 0) is 31.5 Å². The van der Waals surface area contributed by atoms with Crippen LogP contribution >= 0.6 is 0 Å². The first-order chi connectivity index (χ1) is 12.6. The molecule has 0 saturated carbocycles. The van der Waals surface area contributed by atoms with Gasteiger partial charge in [0, 0.05) is 44.1 Å². The van der Waals surface area contributed by atoms with Gasteiger partial charge >= 0.3 is 0 Å². The van der Waals surface area contributed by atoms with E-state index in [1.807, 2.05) is 25.1 Å². The van der Waals surface area contributed by atoms with Crippen LogP contribution in [0.2, 0.25) is 0 Å². The van der Waals surface area contributed by atoms with E-state index in [9.17, 15) is 15.0 Å². The number of nitrogens with one attached hydrogen (secondary N) is 1. The number of hydrogen-bond acceptors (Lipinski definition) is 5. The lowest BCUT2D eigenvalue weighted by molar-refractivity contribution is 0.0774. The summed E-state index contributed by atoms with van der Waals surface area (Å²) in [6.45, 7) is 7.59. The lowest BCUT2D eigenvalue weighted by Crippen LogP contribution is -2.36. The Morgan fingerprint density at radius 1 is 1.35 bits per heavy atom. The smallest absolute Gasteiger partial charge is 0.275 e. The van der Waals surface area contributed by atoms with E-state index >= 15 is 0 Å². The average Bonchev–Trinajstić information content (AvgIpc) is 3.24. The topological polar surface area (TPSA) is 92.7 Å². The molecule has 2 aromatic rings. The van der Waals surface area contributed by atoms with Crippen molar-refractivity contribution in [2.24, 2.45) is 11.8 Å². The molecule has 0 unspecified atom stereocenters. The van der Waals surface area contributed by atoms with Gasteiger partial charge in [-0.25, -0.2) is 0 Å². The van der Waals surface area contributed by atoms with Crippen LogP contribution in [0.5, 0.6) is 0 Å². The summed E-state index contributed by atoms with van der Waals surface area (Å²) in [5, 5.41) is 27.0. The van der Waals surface area contributed by atoms with Crippen molar-refractivity contribution in [1.82, 2.24) is 20.0 Å². The number of likely N-dealkylation sites (N-methyl/N-ethyl adjacent to an activating group) is 1. The van der Waals surface area contributed by atoms with E-state index in [1.165, 1.54) is 0 Å². The maximum atomic E-state index is 13.0. The Hall–Kier alpha value is -1.96. The second-order valence-corrected chi connectivity index (χ2v) is 7.15. The molecule has 1 aliphatic rings. The number of hydrogen-bond donors (Lipinski definition) is 3. The predicted octanol–water partition coefficient (Wildman–Crippen LogP) is 0.866. The second kappa shape index (κ2) is 8.16. The first-order valence-corrected chi connectivity index (χ1v) is 9.25. The molecule has 1 fully saturated rings. The van der Waals surface area contributed by atoms with Crippen molar-refractivity contribution in [2.75, 3.05) is 45.9 Å². The average molecular weight is 360 g/mol. The zero-order valence-corrected chi connectivity index (χ0v) is 15.5. The number of carbonyl (C=O) groups is 1. The van der Waals surface area contributed by atoms with Crippen molar-refractivity contribution < 1.29 is 15.0 Å². The van der Waals surface area contributed by atoms with Crippen LogP contribution in [0.15, 0.2) is 18.2 Å². The molecule has 1 amide bonds. The molecule has 3 N–H and O–H groups in total. The predicted molar refractivity (Wildman–Crippen MR) is 100.0 cm³/mol. The summed E-state index contributed by atoms with van der Waals surface area (Å²) in [7, 11) is 0. The van der Waals surface area contributed by atoms with E-state index in [0.29, 0.717) is 25.3 Å². The summed E-state index contributed by atoms with van der Waals surface area (Å²) >= 11 is 0. The van der Waals surface area contributed by atoms with Gasteiger partial charge in [-0.1, -0.05) is 18.6 Å². The number of rotatable bonds is 7. The standard InChI is InChI=1S/C19H28N4O3/c1-3-22(6-7-24)9-14-10-23(11-15(14)12-25)19(26)18-16-8-13(2)4-5-17(16)20-21-18/h4-5,8,14-15,24-25H,3,6-7,9-12H2,1-2H3,(H,20,21)/t14-,15-/m1/s1. The zero-order valence-electron chi connectivity index (χ0n) is 15.5. The summed E-state index contributed by atoms with van der Waals surface area (Å²) in [6, 6.07) is 5.90. The third-order valence-electron chi connectivity index (χ3n) is 5.38.